The third-order valence-electron chi connectivity index (χ3n) is 4.41. The van der Waals surface area contributed by atoms with Crippen LogP contribution in [-0.2, 0) is 4.74 Å². The number of aromatic nitrogens is 4. The Bertz CT molecular complexity index is 800. The fourth-order valence-electron chi connectivity index (χ4n) is 2.99. The summed E-state index contributed by atoms with van der Waals surface area (Å²) >= 11 is 0. The molecule has 24 heavy (non-hydrogen) atoms. The van der Waals surface area contributed by atoms with E-state index in [1.807, 2.05) is 0 Å². The predicted molar refractivity (Wildman–Crippen MR) is 95.6 cm³/mol. The van der Waals surface area contributed by atoms with E-state index in [2.05, 4.69) is 34.6 Å². The molecule has 0 aliphatic carbocycles. The Hall–Kier alpha value is -1.47. The van der Waals surface area contributed by atoms with Gasteiger partial charge in [0.2, 0.25) is 0 Å². The standard InChI is InChI=1S/C15H24N5O3P/c1-15(22)11(21)9(5-6-24(2,3)4)23-14(15)20-8-19-10-12(16)17-7-18-13(10)20/h7-9,11,14,21-22H,2,5-6H2,1,3-4H3,(H2,16,17,18)/t9-,11-,14?,15+/m1/s1. The summed E-state index contributed by atoms with van der Waals surface area (Å²) in [4.78, 5) is 12.3. The first kappa shape index (κ1) is 17.4. The van der Waals surface area contributed by atoms with E-state index in [0.29, 0.717) is 17.6 Å². The Labute approximate surface area is 140 Å². The molecule has 0 amide bonds. The van der Waals surface area contributed by atoms with E-state index in [4.69, 9.17) is 10.5 Å². The smallest absolute Gasteiger partial charge is 0.168 e. The van der Waals surface area contributed by atoms with Crippen molar-refractivity contribution in [2.24, 2.45) is 0 Å². The first-order chi connectivity index (χ1) is 11.1. The van der Waals surface area contributed by atoms with Crippen molar-refractivity contribution in [1.82, 2.24) is 19.5 Å². The molecule has 8 nitrogen and oxygen atoms in total. The average Bonchev–Trinajstić information content (AvgIpc) is 2.99. The van der Waals surface area contributed by atoms with E-state index < -0.39 is 30.9 Å². The van der Waals surface area contributed by atoms with E-state index in [-0.39, 0.29) is 5.82 Å². The number of aliphatic hydroxyl groups excluding tert-OH is 1. The molecule has 3 rings (SSSR count). The highest BCUT2D eigenvalue weighted by atomic mass is 31.2. The molecule has 0 aromatic carbocycles. The van der Waals surface area contributed by atoms with Gasteiger partial charge in [-0.3, -0.25) is 4.57 Å². The molecule has 0 radical (unpaired) electrons. The molecule has 2 aromatic rings. The quantitative estimate of drug-likeness (QED) is 0.685. The predicted octanol–water partition coefficient (Wildman–Crippen LogP) is 0.517. The number of ether oxygens (including phenoxy) is 1. The van der Waals surface area contributed by atoms with Crippen LogP contribution in [-0.4, -0.2) is 73.3 Å². The van der Waals surface area contributed by atoms with Crippen LogP contribution in [0.25, 0.3) is 11.2 Å². The van der Waals surface area contributed by atoms with Gasteiger partial charge in [-0.25, -0.2) is 15.0 Å². The van der Waals surface area contributed by atoms with Gasteiger partial charge in [0.1, 0.15) is 23.5 Å². The van der Waals surface area contributed by atoms with Crippen LogP contribution in [0.5, 0.6) is 0 Å². The number of aliphatic hydroxyl groups is 2. The van der Waals surface area contributed by atoms with E-state index in [1.165, 1.54) is 12.7 Å². The first-order valence-corrected chi connectivity index (χ1v) is 10.8. The van der Waals surface area contributed by atoms with E-state index in [1.54, 1.807) is 11.5 Å². The van der Waals surface area contributed by atoms with E-state index >= 15 is 0 Å². The van der Waals surface area contributed by atoms with Crippen molar-refractivity contribution >= 4 is 30.2 Å². The topological polar surface area (TPSA) is 119 Å². The maximum atomic E-state index is 10.8. The number of nitrogens with two attached hydrogens (primary N) is 1. The molecule has 132 valence electrons. The maximum Gasteiger partial charge on any atom is 0.168 e. The zero-order valence-electron chi connectivity index (χ0n) is 14.1. The summed E-state index contributed by atoms with van der Waals surface area (Å²) in [6.45, 7) is 4.58. The van der Waals surface area contributed by atoms with Gasteiger partial charge in [-0.05, 0) is 32.8 Å². The summed E-state index contributed by atoms with van der Waals surface area (Å²) in [5.74, 6) is 0.261. The Morgan fingerprint density at radius 2 is 2.12 bits per heavy atom. The number of anilines is 1. The van der Waals surface area contributed by atoms with Gasteiger partial charge in [0.15, 0.2) is 17.7 Å². The van der Waals surface area contributed by atoms with Crippen molar-refractivity contribution in [3.63, 3.8) is 0 Å². The largest absolute Gasteiger partial charge is 0.387 e. The van der Waals surface area contributed by atoms with Gasteiger partial charge in [0.25, 0.3) is 0 Å². The van der Waals surface area contributed by atoms with Crippen molar-refractivity contribution in [3.05, 3.63) is 12.7 Å². The van der Waals surface area contributed by atoms with Gasteiger partial charge in [0.05, 0.1) is 12.4 Å². The fraction of sp³-hybridized carbons (Fsp3) is 0.600. The van der Waals surface area contributed by atoms with Crippen LogP contribution in [0.15, 0.2) is 12.7 Å². The highest BCUT2D eigenvalue weighted by Gasteiger charge is 2.53. The molecule has 4 atom stereocenters. The normalized spacial score (nSPS) is 31.0. The molecule has 1 saturated heterocycles. The third-order valence-corrected chi connectivity index (χ3v) is 5.88. The van der Waals surface area contributed by atoms with Gasteiger partial charge < -0.3 is 20.7 Å². The number of rotatable bonds is 4. The molecule has 0 spiro atoms. The molecular formula is C15H24N5O3P. The lowest BCUT2D eigenvalue weighted by molar-refractivity contribution is -0.0939. The van der Waals surface area contributed by atoms with Crippen LogP contribution in [0.3, 0.4) is 0 Å². The van der Waals surface area contributed by atoms with Gasteiger partial charge in [-0.1, -0.05) is 0 Å². The van der Waals surface area contributed by atoms with Crippen molar-refractivity contribution in [3.8, 4) is 0 Å². The van der Waals surface area contributed by atoms with Crippen molar-refractivity contribution in [2.45, 2.75) is 37.4 Å². The summed E-state index contributed by atoms with van der Waals surface area (Å²) in [5.41, 5.74) is 5.24. The second-order valence-electron chi connectivity index (χ2n) is 7.23. The lowest BCUT2D eigenvalue weighted by Crippen LogP contribution is -2.43. The Morgan fingerprint density at radius 1 is 1.42 bits per heavy atom. The van der Waals surface area contributed by atoms with Crippen LogP contribution < -0.4 is 5.73 Å². The maximum absolute atomic E-state index is 10.8. The molecule has 0 saturated carbocycles. The minimum atomic E-state index is -1.47. The number of imidazole rings is 1. The molecule has 3 heterocycles. The van der Waals surface area contributed by atoms with Gasteiger partial charge >= 0.3 is 0 Å². The first-order valence-electron chi connectivity index (χ1n) is 7.77. The highest BCUT2D eigenvalue weighted by Crippen LogP contribution is 2.43. The summed E-state index contributed by atoms with van der Waals surface area (Å²) < 4.78 is 7.59. The summed E-state index contributed by atoms with van der Waals surface area (Å²) in [7, 11) is 0. The molecule has 2 aromatic heterocycles. The summed E-state index contributed by atoms with van der Waals surface area (Å²) in [6.07, 6.45) is 6.25. The van der Waals surface area contributed by atoms with Crippen LogP contribution in [0, 0.1) is 0 Å². The highest BCUT2D eigenvalue weighted by molar-refractivity contribution is 7.72. The monoisotopic (exact) mass is 353 g/mol. The molecule has 4 N–H and O–H groups in total. The lowest BCUT2D eigenvalue weighted by atomic mass is 9.95. The van der Waals surface area contributed by atoms with Crippen molar-refractivity contribution in [1.29, 1.82) is 0 Å². The van der Waals surface area contributed by atoms with Crippen LogP contribution in [0.1, 0.15) is 19.6 Å². The number of nitrogens with zero attached hydrogens (tertiary/aromatic N) is 4. The van der Waals surface area contributed by atoms with Crippen LogP contribution in [0.2, 0.25) is 0 Å². The fourth-order valence-corrected chi connectivity index (χ4v) is 3.95. The number of nitrogen functional groups attached to an aromatic ring is 1. The summed E-state index contributed by atoms with van der Waals surface area (Å²) in [5, 5.41) is 21.4. The van der Waals surface area contributed by atoms with Crippen molar-refractivity contribution < 1.29 is 14.9 Å². The minimum Gasteiger partial charge on any atom is -0.387 e. The number of hydrogen-bond acceptors (Lipinski definition) is 7. The van der Waals surface area contributed by atoms with E-state index in [0.717, 1.165) is 6.16 Å². The van der Waals surface area contributed by atoms with Gasteiger partial charge in [-0.2, -0.15) is 0 Å². The number of fused-ring (bicyclic) bond motifs is 1. The lowest BCUT2D eigenvalue weighted by Gasteiger charge is -2.27. The Kier molecular flexibility index (Phi) is 4.20. The molecule has 9 heteroatoms. The van der Waals surface area contributed by atoms with Crippen molar-refractivity contribution in [2.75, 3.05) is 25.2 Å². The molecule has 1 unspecified atom stereocenters. The molecule has 1 aliphatic rings. The SMILES string of the molecule is C=P(C)(C)CC[C@H]1OC(n2cnc3c(N)ncnc32)[C@@](C)(O)[C@@H]1O. The van der Waals surface area contributed by atoms with E-state index in [9.17, 15) is 10.2 Å². The third kappa shape index (κ3) is 2.95. The Balaban J connectivity index is 1.92. The summed E-state index contributed by atoms with van der Waals surface area (Å²) in [6, 6.07) is 0. The van der Waals surface area contributed by atoms with Crippen LogP contribution >= 0.6 is 6.89 Å². The number of hydrogen-bond donors (Lipinski definition) is 3. The Morgan fingerprint density at radius 3 is 2.79 bits per heavy atom. The van der Waals surface area contributed by atoms with Crippen LogP contribution in [0.4, 0.5) is 5.82 Å². The second-order valence-corrected chi connectivity index (χ2v) is 11.5. The second kappa shape index (κ2) is 5.81. The zero-order chi connectivity index (χ0) is 17.7. The molecular weight excluding hydrogens is 329 g/mol. The molecule has 1 aliphatic heterocycles. The zero-order valence-corrected chi connectivity index (χ0v) is 15.0. The minimum absolute atomic E-state index is 0.261. The molecule has 0 bridgehead atoms. The molecule has 1 fully saturated rings. The van der Waals surface area contributed by atoms with Gasteiger partial charge in [0, 0.05) is 0 Å². The average molecular weight is 353 g/mol. The van der Waals surface area contributed by atoms with Gasteiger partial charge in [-0.15, -0.1) is 13.2 Å².